The van der Waals surface area contributed by atoms with Gasteiger partial charge in [-0.2, -0.15) is 0 Å². The third-order valence-corrected chi connectivity index (χ3v) is 3.11. The van der Waals surface area contributed by atoms with Gasteiger partial charge in [0.25, 0.3) is 5.91 Å². The fraction of sp³-hybridized carbons (Fsp3) is 0.133. The van der Waals surface area contributed by atoms with E-state index in [9.17, 15) is 4.79 Å². The van der Waals surface area contributed by atoms with E-state index in [1.165, 1.54) is 0 Å². The van der Waals surface area contributed by atoms with Crippen molar-refractivity contribution in [2.24, 2.45) is 0 Å². The van der Waals surface area contributed by atoms with Crippen molar-refractivity contribution >= 4 is 23.2 Å². The Bertz CT molecular complexity index is 656. The first kappa shape index (κ1) is 14.2. The summed E-state index contributed by atoms with van der Waals surface area (Å²) in [7, 11) is 1.57. The van der Waals surface area contributed by atoms with Crippen molar-refractivity contribution in [3.05, 3.63) is 52.5 Å². The highest BCUT2D eigenvalue weighted by molar-refractivity contribution is 6.30. The summed E-state index contributed by atoms with van der Waals surface area (Å²) in [6, 6.07) is 10.2. The van der Waals surface area contributed by atoms with Crippen molar-refractivity contribution in [1.29, 1.82) is 0 Å². The van der Waals surface area contributed by atoms with Crippen LogP contribution in [0.1, 0.15) is 15.9 Å². The molecule has 1 amide bonds. The standard InChI is InChI=1S/C15H15ClN2O2/c1-9-3-5-11(16)8-13(9)20-14-7-10(15(19)18-2)4-6-12(14)17/h3-8H,17H2,1-2H3,(H,18,19). The number of halogens is 1. The van der Waals surface area contributed by atoms with E-state index < -0.39 is 0 Å². The highest BCUT2D eigenvalue weighted by Gasteiger charge is 2.10. The number of hydrogen-bond donors (Lipinski definition) is 2. The van der Waals surface area contributed by atoms with Gasteiger partial charge >= 0.3 is 0 Å². The second kappa shape index (κ2) is 5.84. The molecule has 2 aromatic carbocycles. The molecular weight excluding hydrogens is 276 g/mol. The van der Waals surface area contributed by atoms with Gasteiger partial charge < -0.3 is 15.8 Å². The number of carbonyl (C=O) groups is 1. The molecule has 0 unspecified atom stereocenters. The number of anilines is 1. The predicted octanol–water partition coefficient (Wildman–Crippen LogP) is 3.38. The Morgan fingerprint density at radius 2 is 1.95 bits per heavy atom. The summed E-state index contributed by atoms with van der Waals surface area (Å²) >= 11 is 5.95. The molecule has 2 aromatic rings. The van der Waals surface area contributed by atoms with E-state index in [0.717, 1.165) is 5.56 Å². The summed E-state index contributed by atoms with van der Waals surface area (Å²) in [6.07, 6.45) is 0. The number of rotatable bonds is 3. The summed E-state index contributed by atoms with van der Waals surface area (Å²) < 4.78 is 5.77. The normalized spacial score (nSPS) is 10.2. The molecule has 0 spiro atoms. The van der Waals surface area contributed by atoms with Crippen LogP contribution in [0.4, 0.5) is 5.69 Å². The molecule has 0 aromatic heterocycles. The smallest absolute Gasteiger partial charge is 0.251 e. The summed E-state index contributed by atoms with van der Waals surface area (Å²) in [5, 5.41) is 3.13. The first-order chi connectivity index (χ1) is 9.51. The first-order valence-corrected chi connectivity index (χ1v) is 6.44. The molecule has 0 saturated heterocycles. The molecule has 2 rings (SSSR count). The van der Waals surface area contributed by atoms with Gasteiger partial charge in [0.1, 0.15) is 5.75 Å². The zero-order valence-corrected chi connectivity index (χ0v) is 12.0. The van der Waals surface area contributed by atoms with E-state index in [4.69, 9.17) is 22.1 Å². The van der Waals surface area contributed by atoms with Crippen LogP contribution < -0.4 is 15.8 Å². The molecule has 0 aliphatic carbocycles. The van der Waals surface area contributed by atoms with Gasteiger partial charge in [-0.1, -0.05) is 17.7 Å². The van der Waals surface area contributed by atoms with Crippen LogP contribution in [0.5, 0.6) is 11.5 Å². The Morgan fingerprint density at radius 3 is 2.65 bits per heavy atom. The van der Waals surface area contributed by atoms with Gasteiger partial charge in [0.15, 0.2) is 5.75 Å². The van der Waals surface area contributed by atoms with Crippen molar-refractivity contribution in [3.63, 3.8) is 0 Å². The van der Waals surface area contributed by atoms with Gasteiger partial charge in [0, 0.05) is 17.6 Å². The van der Waals surface area contributed by atoms with E-state index in [0.29, 0.717) is 27.8 Å². The highest BCUT2D eigenvalue weighted by Crippen LogP contribution is 2.32. The van der Waals surface area contributed by atoms with Crippen LogP contribution in [-0.4, -0.2) is 13.0 Å². The van der Waals surface area contributed by atoms with Crippen LogP contribution in [0.2, 0.25) is 5.02 Å². The maximum absolute atomic E-state index is 11.6. The minimum absolute atomic E-state index is 0.197. The maximum atomic E-state index is 11.6. The zero-order chi connectivity index (χ0) is 14.7. The van der Waals surface area contributed by atoms with Crippen LogP contribution in [0, 0.1) is 6.92 Å². The van der Waals surface area contributed by atoms with Crippen molar-refractivity contribution in [2.45, 2.75) is 6.92 Å². The van der Waals surface area contributed by atoms with E-state index in [1.807, 2.05) is 13.0 Å². The molecule has 20 heavy (non-hydrogen) atoms. The fourth-order valence-electron chi connectivity index (χ4n) is 1.71. The molecule has 3 N–H and O–H groups in total. The molecule has 4 nitrogen and oxygen atoms in total. The number of carbonyl (C=O) groups excluding carboxylic acids is 1. The summed E-state index contributed by atoms with van der Waals surface area (Å²) in [5.74, 6) is 0.840. The zero-order valence-electron chi connectivity index (χ0n) is 11.2. The number of hydrogen-bond acceptors (Lipinski definition) is 3. The van der Waals surface area contributed by atoms with Crippen LogP contribution in [0.25, 0.3) is 0 Å². The molecular formula is C15H15ClN2O2. The Hall–Kier alpha value is -2.20. The van der Waals surface area contributed by atoms with Crippen molar-refractivity contribution in [1.82, 2.24) is 5.32 Å². The molecule has 0 bridgehead atoms. The quantitative estimate of drug-likeness (QED) is 0.852. The molecule has 0 aliphatic heterocycles. The van der Waals surface area contributed by atoms with Gasteiger partial charge in [0.2, 0.25) is 0 Å². The average Bonchev–Trinajstić information content (AvgIpc) is 2.44. The fourth-order valence-corrected chi connectivity index (χ4v) is 1.87. The summed E-state index contributed by atoms with van der Waals surface area (Å²) in [6.45, 7) is 1.91. The highest BCUT2D eigenvalue weighted by atomic mass is 35.5. The van der Waals surface area contributed by atoms with Crippen LogP contribution in [0.3, 0.4) is 0 Å². The number of ether oxygens (including phenoxy) is 1. The number of benzene rings is 2. The van der Waals surface area contributed by atoms with E-state index in [2.05, 4.69) is 5.32 Å². The summed E-state index contributed by atoms with van der Waals surface area (Å²) in [4.78, 5) is 11.6. The minimum Gasteiger partial charge on any atom is -0.455 e. The molecule has 0 saturated carbocycles. The topological polar surface area (TPSA) is 64.4 Å². The number of aryl methyl sites for hydroxylation is 1. The molecule has 5 heteroatoms. The van der Waals surface area contributed by atoms with Gasteiger partial charge in [-0.3, -0.25) is 4.79 Å². The summed E-state index contributed by atoms with van der Waals surface area (Å²) in [5.41, 5.74) is 7.75. The third kappa shape index (κ3) is 3.03. The van der Waals surface area contributed by atoms with E-state index >= 15 is 0 Å². The Morgan fingerprint density at radius 1 is 1.20 bits per heavy atom. The second-order valence-corrected chi connectivity index (χ2v) is 4.78. The minimum atomic E-state index is -0.197. The number of amides is 1. The van der Waals surface area contributed by atoms with Crippen LogP contribution >= 0.6 is 11.6 Å². The molecule has 0 fully saturated rings. The Kier molecular flexibility index (Phi) is 4.15. The SMILES string of the molecule is CNC(=O)c1ccc(N)c(Oc2cc(Cl)ccc2C)c1. The van der Waals surface area contributed by atoms with Gasteiger partial charge in [0.05, 0.1) is 5.69 Å². The van der Waals surface area contributed by atoms with Crippen molar-refractivity contribution in [2.75, 3.05) is 12.8 Å². The molecule has 0 radical (unpaired) electrons. The average molecular weight is 291 g/mol. The first-order valence-electron chi connectivity index (χ1n) is 6.07. The van der Waals surface area contributed by atoms with Crippen LogP contribution in [0.15, 0.2) is 36.4 Å². The molecule has 0 atom stereocenters. The van der Waals surface area contributed by atoms with Crippen LogP contribution in [-0.2, 0) is 0 Å². The van der Waals surface area contributed by atoms with Gasteiger partial charge in [-0.25, -0.2) is 0 Å². The van der Waals surface area contributed by atoms with Gasteiger partial charge in [-0.05, 0) is 42.8 Å². The monoisotopic (exact) mass is 290 g/mol. The number of nitrogen functional groups attached to an aromatic ring is 1. The lowest BCUT2D eigenvalue weighted by Crippen LogP contribution is -2.17. The lowest BCUT2D eigenvalue weighted by molar-refractivity contribution is 0.0963. The molecule has 0 aliphatic rings. The number of nitrogens with two attached hydrogens (primary N) is 1. The maximum Gasteiger partial charge on any atom is 0.251 e. The molecule has 104 valence electrons. The Balaban J connectivity index is 2.37. The van der Waals surface area contributed by atoms with Crippen molar-refractivity contribution in [3.8, 4) is 11.5 Å². The molecule has 0 heterocycles. The largest absolute Gasteiger partial charge is 0.455 e. The van der Waals surface area contributed by atoms with E-state index in [1.54, 1.807) is 37.4 Å². The lowest BCUT2D eigenvalue weighted by Gasteiger charge is -2.12. The third-order valence-electron chi connectivity index (χ3n) is 2.87. The predicted molar refractivity (Wildman–Crippen MR) is 80.5 cm³/mol. The second-order valence-electron chi connectivity index (χ2n) is 4.34. The Labute approximate surface area is 122 Å². The lowest BCUT2D eigenvalue weighted by atomic mass is 10.1. The van der Waals surface area contributed by atoms with Gasteiger partial charge in [-0.15, -0.1) is 0 Å². The van der Waals surface area contributed by atoms with E-state index in [-0.39, 0.29) is 5.91 Å². The number of nitrogens with one attached hydrogen (secondary N) is 1. The van der Waals surface area contributed by atoms with Crippen molar-refractivity contribution < 1.29 is 9.53 Å².